The van der Waals surface area contributed by atoms with Crippen LogP contribution in [0.15, 0.2) is 6.20 Å². The molecule has 0 amide bonds. The number of aryl methyl sites for hydroxylation is 2. The van der Waals surface area contributed by atoms with Gasteiger partial charge in [0, 0.05) is 18.8 Å². The summed E-state index contributed by atoms with van der Waals surface area (Å²) in [6, 6.07) is 0.572. The molecule has 15 heavy (non-hydrogen) atoms. The lowest BCUT2D eigenvalue weighted by molar-refractivity contribution is 0.645. The molecule has 1 atom stereocenters. The van der Waals surface area contributed by atoms with Gasteiger partial charge in [-0.3, -0.25) is 0 Å². The standard InChI is InChI=1S/C12H21N3/c1-4-7-15-8-9(2)13-12(15)14-10(3)11-5-6-11/h8,10-11H,4-7H2,1-3H3,(H,13,14). The highest BCUT2D eigenvalue weighted by atomic mass is 15.2. The quantitative estimate of drug-likeness (QED) is 0.804. The third-order valence-corrected chi connectivity index (χ3v) is 3.05. The maximum atomic E-state index is 4.53. The van der Waals surface area contributed by atoms with E-state index >= 15 is 0 Å². The van der Waals surface area contributed by atoms with E-state index in [0.29, 0.717) is 6.04 Å². The van der Waals surface area contributed by atoms with Crippen LogP contribution in [0.4, 0.5) is 5.95 Å². The van der Waals surface area contributed by atoms with Gasteiger partial charge in [-0.25, -0.2) is 4.98 Å². The molecule has 1 heterocycles. The topological polar surface area (TPSA) is 29.9 Å². The minimum Gasteiger partial charge on any atom is -0.353 e. The summed E-state index contributed by atoms with van der Waals surface area (Å²) in [5, 5.41) is 3.53. The highest BCUT2D eigenvalue weighted by Crippen LogP contribution is 2.33. The molecule has 1 fully saturated rings. The fourth-order valence-electron chi connectivity index (χ4n) is 1.99. The molecule has 1 N–H and O–H groups in total. The molecule has 3 heteroatoms. The number of imidazole rings is 1. The molecule has 1 aromatic rings. The van der Waals surface area contributed by atoms with Crippen molar-refractivity contribution in [3.05, 3.63) is 11.9 Å². The Labute approximate surface area is 91.9 Å². The highest BCUT2D eigenvalue weighted by Gasteiger charge is 2.28. The van der Waals surface area contributed by atoms with Gasteiger partial charge < -0.3 is 9.88 Å². The van der Waals surface area contributed by atoms with Crippen molar-refractivity contribution in [2.45, 2.75) is 52.6 Å². The van der Waals surface area contributed by atoms with Crippen molar-refractivity contribution < 1.29 is 0 Å². The van der Waals surface area contributed by atoms with Gasteiger partial charge in [-0.2, -0.15) is 0 Å². The Hall–Kier alpha value is -0.990. The van der Waals surface area contributed by atoms with Crippen molar-refractivity contribution >= 4 is 5.95 Å². The van der Waals surface area contributed by atoms with Crippen molar-refractivity contribution in [1.82, 2.24) is 9.55 Å². The summed E-state index contributed by atoms with van der Waals surface area (Å²) in [7, 11) is 0. The second kappa shape index (κ2) is 4.25. The molecule has 1 aliphatic rings. The molecule has 3 nitrogen and oxygen atoms in total. The Balaban J connectivity index is 2.04. The van der Waals surface area contributed by atoms with Gasteiger partial charge in [0.25, 0.3) is 0 Å². The maximum absolute atomic E-state index is 4.53. The summed E-state index contributed by atoms with van der Waals surface area (Å²) in [6.45, 7) is 7.57. The number of anilines is 1. The number of hydrogen-bond donors (Lipinski definition) is 1. The van der Waals surface area contributed by atoms with Gasteiger partial charge in [0.05, 0.1) is 5.69 Å². The highest BCUT2D eigenvalue weighted by molar-refractivity contribution is 5.30. The smallest absolute Gasteiger partial charge is 0.203 e. The van der Waals surface area contributed by atoms with E-state index in [9.17, 15) is 0 Å². The second-order valence-electron chi connectivity index (χ2n) is 4.67. The molecule has 1 aromatic heterocycles. The lowest BCUT2D eigenvalue weighted by Gasteiger charge is -2.14. The molecule has 2 rings (SSSR count). The molecule has 0 radical (unpaired) electrons. The van der Waals surface area contributed by atoms with Crippen LogP contribution in [-0.4, -0.2) is 15.6 Å². The van der Waals surface area contributed by atoms with Gasteiger partial charge in [-0.1, -0.05) is 6.92 Å². The first-order valence-corrected chi connectivity index (χ1v) is 6.01. The Morgan fingerprint density at radius 2 is 2.33 bits per heavy atom. The molecule has 1 aliphatic carbocycles. The van der Waals surface area contributed by atoms with E-state index in [4.69, 9.17) is 0 Å². The van der Waals surface area contributed by atoms with Crippen LogP contribution >= 0.6 is 0 Å². The number of aromatic nitrogens is 2. The van der Waals surface area contributed by atoms with E-state index in [0.717, 1.165) is 30.5 Å². The van der Waals surface area contributed by atoms with Crippen LogP contribution < -0.4 is 5.32 Å². The first-order valence-electron chi connectivity index (χ1n) is 6.01. The van der Waals surface area contributed by atoms with Crippen LogP contribution in [0.3, 0.4) is 0 Å². The van der Waals surface area contributed by atoms with Crippen molar-refractivity contribution in [3.8, 4) is 0 Å². The minimum absolute atomic E-state index is 0.572. The zero-order valence-corrected chi connectivity index (χ0v) is 9.95. The van der Waals surface area contributed by atoms with Crippen LogP contribution in [0.1, 0.15) is 38.8 Å². The second-order valence-corrected chi connectivity index (χ2v) is 4.67. The molecule has 0 saturated heterocycles. The molecular formula is C12H21N3. The van der Waals surface area contributed by atoms with Crippen LogP contribution in [0.2, 0.25) is 0 Å². The van der Waals surface area contributed by atoms with Gasteiger partial charge >= 0.3 is 0 Å². The first-order chi connectivity index (χ1) is 7.20. The summed E-state index contributed by atoms with van der Waals surface area (Å²) in [6.07, 6.45) is 6.04. The monoisotopic (exact) mass is 207 g/mol. The van der Waals surface area contributed by atoms with E-state index in [2.05, 4.69) is 41.8 Å². The lowest BCUT2D eigenvalue weighted by atomic mass is 10.2. The van der Waals surface area contributed by atoms with Gasteiger partial charge in [0.15, 0.2) is 0 Å². The molecule has 0 bridgehead atoms. The Morgan fingerprint density at radius 3 is 2.93 bits per heavy atom. The van der Waals surface area contributed by atoms with Crippen molar-refractivity contribution in [3.63, 3.8) is 0 Å². The van der Waals surface area contributed by atoms with Gasteiger partial charge in [-0.15, -0.1) is 0 Å². The maximum Gasteiger partial charge on any atom is 0.203 e. The number of nitrogens with zero attached hydrogens (tertiary/aromatic N) is 2. The zero-order valence-electron chi connectivity index (χ0n) is 9.95. The Bertz CT molecular complexity index is 326. The average molecular weight is 207 g/mol. The predicted molar refractivity (Wildman–Crippen MR) is 63.1 cm³/mol. The minimum atomic E-state index is 0.572. The lowest BCUT2D eigenvalue weighted by Crippen LogP contribution is -2.20. The predicted octanol–water partition coefficient (Wildman–Crippen LogP) is 2.81. The van der Waals surface area contributed by atoms with Gasteiger partial charge in [0.1, 0.15) is 0 Å². The molecule has 0 aromatic carbocycles. The SMILES string of the molecule is CCCn1cc(C)nc1NC(C)C1CC1. The first kappa shape index (κ1) is 10.5. The third-order valence-electron chi connectivity index (χ3n) is 3.05. The largest absolute Gasteiger partial charge is 0.353 e. The number of nitrogens with one attached hydrogen (secondary N) is 1. The normalized spacial score (nSPS) is 17.8. The fraction of sp³-hybridized carbons (Fsp3) is 0.750. The molecule has 84 valence electrons. The summed E-state index contributed by atoms with van der Waals surface area (Å²) in [5.74, 6) is 1.92. The number of hydrogen-bond acceptors (Lipinski definition) is 2. The molecular weight excluding hydrogens is 186 g/mol. The average Bonchev–Trinajstić information content (AvgIpc) is 2.95. The summed E-state index contributed by atoms with van der Waals surface area (Å²) in [4.78, 5) is 4.53. The molecule has 1 saturated carbocycles. The Kier molecular flexibility index (Phi) is 2.98. The zero-order chi connectivity index (χ0) is 10.8. The van der Waals surface area contributed by atoms with E-state index in [1.54, 1.807) is 0 Å². The van der Waals surface area contributed by atoms with Crippen molar-refractivity contribution in [2.24, 2.45) is 5.92 Å². The number of rotatable bonds is 5. The summed E-state index contributed by atoms with van der Waals surface area (Å²) < 4.78 is 2.23. The molecule has 1 unspecified atom stereocenters. The van der Waals surface area contributed by atoms with Gasteiger partial charge in [-0.05, 0) is 39.0 Å². The van der Waals surface area contributed by atoms with Crippen molar-refractivity contribution in [1.29, 1.82) is 0 Å². The van der Waals surface area contributed by atoms with E-state index in [1.165, 1.54) is 12.8 Å². The van der Waals surface area contributed by atoms with Gasteiger partial charge in [0.2, 0.25) is 5.95 Å². The van der Waals surface area contributed by atoms with E-state index in [1.807, 2.05) is 0 Å². The molecule has 0 aliphatic heterocycles. The van der Waals surface area contributed by atoms with Crippen LogP contribution in [-0.2, 0) is 6.54 Å². The Morgan fingerprint density at radius 1 is 1.60 bits per heavy atom. The fourth-order valence-corrected chi connectivity index (χ4v) is 1.99. The van der Waals surface area contributed by atoms with Crippen molar-refractivity contribution in [2.75, 3.05) is 5.32 Å². The van der Waals surface area contributed by atoms with E-state index < -0.39 is 0 Å². The summed E-state index contributed by atoms with van der Waals surface area (Å²) in [5.41, 5.74) is 1.11. The van der Waals surface area contributed by atoms with E-state index in [-0.39, 0.29) is 0 Å². The van der Waals surface area contributed by atoms with Crippen LogP contribution in [0.5, 0.6) is 0 Å². The summed E-state index contributed by atoms with van der Waals surface area (Å²) >= 11 is 0. The van der Waals surface area contributed by atoms with Crippen LogP contribution in [0.25, 0.3) is 0 Å². The third kappa shape index (κ3) is 2.52. The van der Waals surface area contributed by atoms with Crippen LogP contribution in [0, 0.1) is 12.8 Å². The molecule has 0 spiro atoms.